The Morgan fingerprint density at radius 1 is 0.703 bits per heavy atom. The first-order valence-electron chi connectivity index (χ1n) is 9.30. The predicted octanol–water partition coefficient (Wildman–Crippen LogP) is 5.60. The molecule has 2 N–H and O–H groups in total. The van der Waals surface area contributed by atoms with Gasteiger partial charge in [0.15, 0.2) is 10.3 Å². The Balaban J connectivity index is 0.000000206. The van der Waals surface area contributed by atoms with Crippen LogP contribution in [0, 0.1) is 0 Å². The number of carbonyl (C=O) groups is 1. The molecule has 0 radical (unpaired) electrons. The fraction of sp³-hybridized carbons (Fsp3) is 0. The molecule has 0 saturated carbocycles. The third-order valence-electron chi connectivity index (χ3n) is 3.74. The van der Waals surface area contributed by atoms with Gasteiger partial charge in [0, 0.05) is 9.79 Å². The molecule has 0 saturated heterocycles. The van der Waals surface area contributed by atoms with Gasteiger partial charge in [-0.05, 0) is 112 Å². The van der Waals surface area contributed by atoms with E-state index in [-0.39, 0.29) is 36.7 Å². The van der Waals surface area contributed by atoms with Gasteiger partial charge >= 0.3 is 5.97 Å². The van der Waals surface area contributed by atoms with Gasteiger partial charge in [-0.25, -0.2) is 4.79 Å². The number of carboxylic acids is 1. The van der Waals surface area contributed by atoms with Crippen LogP contribution in [0.5, 0.6) is 0 Å². The van der Waals surface area contributed by atoms with E-state index < -0.39 is 16.1 Å². The van der Waals surface area contributed by atoms with Crippen molar-refractivity contribution in [1.29, 1.82) is 0 Å². The maximum atomic E-state index is 11.0. The highest BCUT2D eigenvalue weighted by Crippen LogP contribution is 2.28. The third-order valence-corrected chi connectivity index (χ3v) is 7.00. The van der Waals surface area contributed by atoms with Crippen molar-refractivity contribution in [2.45, 2.75) is 25.0 Å². The summed E-state index contributed by atoms with van der Waals surface area (Å²) in [4.78, 5) is 34.4. The summed E-state index contributed by atoms with van der Waals surface area (Å²) in [7, 11) is -4.25. The number of benzene rings is 2. The standard InChI is InChI=1S/C10H5Cl2N3O2S.C9H5Cl2N3O3S2/c11-8-13-9(12)15-10(14-8)18-6-3-1-5(2-4-6)7(16)17;10-7-12-8(11)14-9(13-7)18-5-2-1-3-6(4-5)19(15,16)17/h1-4H,(H,16,17);1-4H,(H,15,16,17). The summed E-state index contributed by atoms with van der Waals surface area (Å²) in [5, 5.41) is 9.24. The van der Waals surface area contributed by atoms with Crippen LogP contribution in [0.1, 0.15) is 10.4 Å². The molecule has 0 atom stereocenters. The van der Waals surface area contributed by atoms with Crippen molar-refractivity contribution in [1.82, 2.24) is 29.9 Å². The minimum Gasteiger partial charge on any atom is -0.478 e. The van der Waals surface area contributed by atoms with E-state index in [1.165, 1.54) is 42.1 Å². The normalized spacial score (nSPS) is 10.9. The number of halogens is 4. The van der Waals surface area contributed by atoms with E-state index >= 15 is 0 Å². The summed E-state index contributed by atoms with van der Waals surface area (Å²) in [6.45, 7) is 0. The summed E-state index contributed by atoms with van der Waals surface area (Å²) in [6.07, 6.45) is 0. The lowest BCUT2D eigenvalue weighted by Gasteiger charge is -2.02. The Morgan fingerprint density at radius 3 is 1.59 bits per heavy atom. The van der Waals surface area contributed by atoms with E-state index in [4.69, 9.17) is 56.1 Å². The molecule has 0 aliphatic rings. The molecule has 2 aromatic heterocycles. The first kappa shape index (κ1) is 29.3. The number of aromatic carboxylic acids is 1. The molecular weight excluding hydrogens is 630 g/mol. The lowest BCUT2D eigenvalue weighted by atomic mass is 10.2. The largest absolute Gasteiger partial charge is 0.478 e. The van der Waals surface area contributed by atoms with Crippen LogP contribution in [0.4, 0.5) is 0 Å². The van der Waals surface area contributed by atoms with Gasteiger partial charge in [-0.15, -0.1) is 0 Å². The Bertz CT molecular complexity index is 1510. The first-order chi connectivity index (χ1) is 17.4. The molecule has 37 heavy (non-hydrogen) atoms. The summed E-state index contributed by atoms with van der Waals surface area (Å²) in [5.74, 6) is -0.974. The lowest BCUT2D eigenvalue weighted by molar-refractivity contribution is 0.0696. The van der Waals surface area contributed by atoms with Crippen molar-refractivity contribution < 1.29 is 22.9 Å². The van der Waals surface area contributed by atoms with Crippen molar-refractivity contribution in [2.24, 2.45) is 0 Å². The smallest absolute Gasteiger partial charge is 0.335 e. The maximum Gasteiger partial charge on any atom is 0.335 e. The average molecular weight is 640 g/mol. The topological polar surface area (TPSA) is 169 Å². The number of aromatic nitrogens is 6. The van der Waals surface area contributed by atoms with E-state index in [9.17, 15) is 13.2 Å². The zero-order valence-electron chi connectivity index (χ0n) is 17.7. The SMILES string of the molecule is O=C(O)c1ccc(Sc2nc(Cl)nc(Cl)n2)cc1.O=S(=O)(O)c1cccc(Sc2nc(Cl)nc(Cl)n2)c1. The van der Waals surface area contributed by atoms with Crippen LogP contribution in [0.15, 0.2) is 73.5 Å². The predicted molar refractivity (Wildman–Crippen MR) is 138 cm³/mol. The van der Waals surface area contributed by atoms with E-state index in [0.29, 0.717) is 10.1 Å². The van der Waals surface area contributed by atoms with Gasteiger partial charge in [-0.2, -0.15) is 38.3 Å². The summed E-state index contributed by atoms with van der Waals surface area (Å²) in [6, 6.07) is 12.0. The Kier molecular flexibility index (Phi) is 10.3. The fourth-order valence-electron chi connectivity index (χ4n) is 2.28. The molecule has 4 rings (SSSR count). The molecule has 0 unspecified atom stereocenters. The van der Waals surface area contributed by atoms with Gasteiger partial charge in [0.2, 0.25) is 21.1 Å². The number of hydrogen-bond acceptors (Lipinski definition) is 11. The van der Waals surface area contributed by atoms with Crippen molar-refractivity contribution in [3.63, 3.8) is 0 Å². The van der Waals surface area contributed by atoms with E-state index in [1.54, 1.807) is 18.2 Å². The highest BCUT2D eigenvalue weighted by Gasteiger charge is 2.12. The van der Waals surface area contributed by atoms with Gasteiger partial charge in [0.05, 0.1) is 10.5 Å². The van der Waals surface area contributed by atoms with E-state index in [0.717, 1.165) is 16.7 Å². The van der Waals surface area contributed by atoms with Crippen molar-refractivity contribution in [2.75, 3.05) is 0 Å². The fourth-order valence-corrected chi connectivity index (χ4v) is 5.37. The molecule has 18 heteroatoms. The van der Waals surface area contributed by atoms with Crippen molar-refractivity contribution in [3.05, 3.63) is 75.2 Å². The molecule has 0 aliphatic heterocycles. The van der Waals surface area contributed by atoms with Gasteiger partial charge in [-0.3, -0.25) is 4.55 Å². The van der Waals surface area contributed by atoms with Crippen molar-refractivity contribution in [3.8, 4) is 0 Å². The number of rotatable bonds is 6. The van der Waals surface area contributed by atoms with Crippen molar-refractivity contribution >= 4 is 86.0 Å². The average Bonchev–Trinajstić information content (AvgIpc) is 2.78. The highest BCUT2D eigenvalue weighted by molar-refractivity contribution is 7.99. The molecule has 0 bridgehead atoms. The molecular formula is C19H10Cl4N6O5S3. The van der Waals surface area contributed by atoms with Crippen LogP contribution in [-0.2, 0) is 10.1 Å². The molecule has 0 fully saturated rings. The number of hydrogen-bond donors (Lipinski definition) is 2. The molecule has 0 amide bonds. The molecule has 2 heterocycles. The second-order valence-corrected chi connectivity index (χ2v) is 11.2. The number of nitrogens with zero attached hydrogens (tertiary/aromatic N) is 6. The highest BCUT2D eigenvalue weighted by atomic mass is 35.5. The van der Waals surface area contributed by atoms with Crippen LogP contribution in [0.25, 0.3) is 0 Å². The Hall–Kier alpha value is -2.30. The quantitative estimate of drug-likeness (QED) is 0.250. The molecule has 4 aromatic rings. The summed E-state index contributed by atoms with van der Waals surface area (Å²) >= 11 is 24.8. The Morgan fingerprint density at radius 2 is 1.16 bits per heavy atom. The zero-order chi connectivity index (χ0) is 27.2. The summed E-state index contributed by atoms with van der Waals surface area (Å²) < 4.78 is 31.0. The minimum atomic E-state index is -4.25. The maximum absolute atomic E-state index is 11.0. The van der Waals surface area contributed by atoms with Gasteiger partial charge in [0.25, 0.3) is 10.1 Å². The van der Waals surface area contributed by atoms with Gasteiger partial charge in [-0.1, -0.05) is 6.07 Å². The van der Waals surface area contributed by atoms with E-state index in [1.807, 2.05) is 0 Å². The Labute approximate surface area is 237 Å². The molecule has 11 nitrogen and oxygen atoms in total. The second-order valence-electron chi connectivity index (χ2n) is 6.30. The third kappa shape index (κ3) is 9.50. The summed E-state index contributed by atoms with van der Waals surface area (Å²) in [5.41, 5.74) is 0.214. The van der Waals surface area contributed by atoms with Gasteiger partial charge in [0.1, 0.15) is 0 Å². The molecule has 2 aromatic carbocycles. The van der Waals surface area contributed by atoms with Crippen LogP contribution in [0.2, 0.25) is 21.1 Å². The first-order valence-corrected chi connectivity index (χ1v) is 13.9. The van der Waals surface area contributed by atoms with Crippen LogP contribution in [0.3, 0.4) is 0 Å². The zero-order valence-corrected chi connectivity index (χ0v) is 23.1. The lowest BCUT2D eigenvalue weighted by Crippen LogP contribution is -1.97. The number of carboxylic acid groups (broad SMARTS) is 1. The second kappa shape index (κ2) is 13.0. The van der Waals surface area contributed by atoms with Crippen LogP contribution >= 0.6 is 69.9 Å². The molecule has 0 spiro atoms. The molecule has 192 valence electrons. The van der Waals surface area contributed by atoms with Crippen LogP contribution in [-0.4, -0.2) is 54.0 Å². The monoisotopic (exact) mass is 638 g/mol. The van der Waals surface area contributed by atoms with Gasteiger partial charge < -0.3 is 5.11 Å². The molecule has 0 aliphatic carbocycles. The van der Waals surface area contributed by atoms with Crippen LogP contribution < -0.4 is 0 Å². The minimum absolute atomic E-state index is 0.0136. The van der Waals surface area contributed by atoms with E-state index in [2.05, 4.69) is 29.9 Å².